The number of unbranched alkanes of at least 4 members (excludes halogenated alkanes) is 6. The molecule has 0 aromatic heterocycles. The molecule has 0 bridgehead atoms. The molecule has 6 nitrogen and oxygen atoms in total. The van der Waals surface area contributed by atoms with Crippen molar-refractivity contribution in [2.45, 2.75) is 77.1 Å². The number of methoxy groups -OCH3 is 3. The summed E-state index contributed by atoms with van der Waals surface area (Å²) in [5, 5.41) is 4.03. The van der Waals surface area contributed by atoms with E-state index in [1.807, 2.05) is 0 Å². The Hall–Kier alpha value is -1.98. The Morgan fingerprint density at radius 2 is 1.20 bits per heavy atom. The van der Waals surface area contributed by atoms with Crippen molar-refractivity contribution in [3.63, 3.8) is 0 Å². The predicted molar refractivity (Wildman–Crippen MR) is 122 cm³/mol. The summed E-state index contributed by atoms with van der Waals surface area (Å²) in [5.74, 6) is -12.0. The van der Waals surface area contributed by atoms with Crippen LogP contribution in [0.4, 0.5) is 32.4 Å². The summed E-state index contributed by atoms with van der Waals surface area (Å²) in [6.45, 7) is 2.28. The van der Waals surface area contributed by atoms with E-state index in [9.17, 15) is 26.7 Å². The molecule has 0 fully saturated rings. The monoisotopic (exact) mass is 512 g/mol. The first kappa shape index (κ1) is 31.1. The van der Waals surface area contributed by atoms with Gasteiger partial charge in [-0.15, -0.1) is 0 Å². The summed E-state index contributed by atoms with van der Waals surface area (Å²) in [6.07, 6.45) is 9.42. The van der Waals surface area contributed by atoms with Crippen LogP contribution in [0, 0.1) is 35.0 Å². The average Bonchev–Trinajstić information content (AvgIpc) is 2.86. The number of carbonyl (C=O) groups excluding carboxylic acids is 1. The van der Waals surface area contributed by atoms with E-state index in [1.165, 1.54) is 40.6 Å². The third kappa shape index (κ3) is 8.88. The largest absolute Gasteiger partial charge is 0.338 e. The Kier molecular flexibility index (Phi) is 14.1. The van der Waals surface area contributed by atoms with Crippen LogP contribution in [0.3, 0.4) is 0 Å². The fourth-order valence-electron chi connectivity index (χ4n) is 4.01. The number of hydrogen-bond acceptors (Lipinski definition) is 4. The van der Waals surface area contributed by atoms with Crippen LogP contribution < -0.4 is 10.6 Å². The Morgan fingerprint density at radius 1 is 0.743 bits per heavy atom. The summed E-state index contributed by atoms with van der Waals surface area (Å²) >= 11 is 0. The van der Waals surface area contributed by atoms with Gasteiger partial charge >= 0.3 is 6.03 Å². The highest BCUT2D eigenvalue weighted by Gasteiger charge is 2.39. The lowest BCUT2D eigenvalue weighted by atomic mass is 9.92. The molecule has 1 aromatic rings. The van der Waals surface area contributed by atoms with Crippen molar-refractivity contribution in [1.82, 2.24) is 5.32 Å². The fourth-order valence-corrected chi connectivity index (χ4v) is 4.01. The van der Waals surface area contributed by atoms with Gasteiger partial charge in [0.15, 0.2) is 23.3 Å². The van der Waals surface area contributed by atoms with Crippen LogP contribution in [0.2, 0.25) is 0 Å². The third-order valence-electron chi connectivity index (χ3n) is 5.97. The van der Waals surface area contributed by atoms with Crippen LogP contribution in [-0.2, 0) is 14.2 Å². The first-order valence-electron chi connectivity index (χ1n) is 11.9. The number of rotatable bonds is 17. The normalized spacial score (nSPS) is 12.6. The summed E-state index contributed by atoms with van der Waals surface area (Å²) in [6, 6.07) is -1.09. The molecular formula is C24H37F5N2O4. The van der Waals surface area contributed by atoms with Gasteiger partial charge in [0.25, 0.3) is 5.97 Å². The molecule has 1 rings (SSSR count). The van der Waals surface area contributed by atoms with Crippen molar-refractivity contribution in [2.75, 3.05) is 33.2 Å². The standard InChI is InChI=1S/C24H37F5N2O4/c1-5-6-7-8-9-10-13-16(24(33-2,34-3)35-4)14-11-12-15-30-23(32)31-22-20(28)18(26)17(25)19(27)21(22)29/h16H,5-15H2,1-4H3,(H2,30,31,32). The zero-order valence-corrected chi connectivity index (χ0v) is 20.9. The second-order valence-electron chi connectivity index (χ2n) is 8.29. The van der Waals surface area contributed by atoms with Gasteiger partial charge in [-0.05, 0) is 19.3 Å². The summed E-state index contributed by atoms with van der Waals surface area (Å²) in [4.78, 5) is 11.9. The Bertz CT molecular complexity index is 756. The molecule has 0 saturated carbocycles. The van der Waals surface area contributed by atoms with Gasteiger partial charge in [0.1, 0.15) is 5.69 Å². The number of benzene rings is 1. The van der Waals surface area contributed by atoms with Gasteiger partial charge in [0.2, 0.25) is 5.82 Å². The van der Waals surface area contributed by atoms with Gasteiger partial charge in [-0.25, -0.2) is 26.7 Å². The highest BCUT2D eigenvalue weighted by atomic mass is 19.2. The van der Waals surface area contributed by atoms with Crippen LogP contribution in [0.5, 0.6) is 0 Å². The maximum atomic E-state index is 13.7. The average molecular weight is 513 g/mol. The Morgan fingerprint density at radius 3 is 1.71 bits per heavy atom. The van der Waals surface area contributed by atoms with Gasteiger partial charge < -0.3 is 24.8 Å². The molecule has 0 heterocycles. The molecular weight excluding hydrogens is 475 g/mol. The van der Waals surface area contributed by atoms with E-state index in [-0.39, 0.29) is 12.5 Å². The van der Waals surface area contributed by atoms with Crippen molar-refractivity contribution >= 4 is 11.7 Å². The van der Waals surface area contributed by atoms with Crippen LogP contribution in [0.15, 0.2) is 0 Å². The van der Waals surface area contributed by atoms with E-state index >= 15 is 0 Å². The molecule has 0 saturated heterocycles. The minimum Gasteiger partial charge on any atom is -0.338 e. The fraction of sp³-hybridized carbons (Fsp3) is 0.708. The summed E-state index contributed by atoms with van der Waals surface area (Å²) < 4.78 is 83.6. The molecule has 1 atom stereocenters. The van der Waals surface area contributed by atoms with Crippen molar-refractivity contribution in [3.05, 3.63) is 29.1 Å². The number of urea groups is 1. The zero-order chi connectivity index (χ0) is 26.4. The molecule has 11 heteroatoms. The van der Waals surface area contributed by atoms with Gasteiger partial charge in [-0.3, -0.25) is 0 Å². The van der Waals surface area contributed by atoms with E-state index in [0.29, 0.717) is 19.3 Å². The smallest absolute Gasteiger partial charge is 0.319 e. The molecule has 2 amide bonds. The van der Waals surface area contributed by atoms with E-state index < -0.39 is 46.8 Å². The number of amides is 2. The molecule has 0 aliphatic heterocycles. The predicted octanol–water partition coefficient (Wildman–Crippen LogP) is 6.63. The Labute approximate surface area is 203 Å². The van der Waals surface area contributed by atoms with Crippen LogP contribution in [-0.4, -0.2) is 39.9 Å². The number of hydrogen-bond donors (Lipinski definition) is 2. The molecule has 1 unspecified atom stereocenters. The topological polar surface area (TPSA) is 68.8 Å². The number of carbonyl (C=O) groups is 1. The number of ether oxygens (including phenoxy) is 3. The van der Waals surface area contributed by atoms with Crippen LogP contribution in [0.25, 0.3) is 0 Å². The van der Waals surface area contributed by atoms with Crippen molar-refractivity contribution in [2.24, 2.45) is 5.92 Å². The van der Waals surface area contributed by atoms with E-state index in [0.717, 1.165) is 25.7 Å². The van der Waals surface area contributed by atoms with Gasteiger partial charge in [0.05, 0.1) is 0 Å². The van der Waals surface area contributed by atoms with E-state index in [1.54, 1.807) is 5.32 Å². The van der Waals surface area contributed by atoms with Gasteiger partial charge in [0, 0.05) is 33.8 Å². The minimum atomic E-state index is -2.29. The van der Waals surface area contributed by atoms with Gasteiger partial charge in [-0.1, -0.05) is 51.9 Å². The maximum absolute atomic E-state index is 13.7. The van der Waals surface area contributed by atoms with E-state index in [2.05, 4.69) is 12.2 Å². The van der Waals surface area contributed by atoms with E-state index in [4.69, 9.17) is 14.2 Å². The molecule has 0 aliphatic rings. The third-order valence-corrected chi connectivity index (χ3v) is 5.97. The second kappa shape index (κ2) is 15.9. The number of anilines is 1. The molecule has 0 aliphatic carbocycles. The quantitative estimate of drug-likeness (QED) is 0.0808. The number of nitrogens with one attached hydrogen (secondary N) is 2. The molecule has 1 aromatic carbocycles. The lowest BCUT2D eigenvalue weighted by Gasteiger charge is -2.36. The molecule has 0 spiro atoms. The van der Waals surface area contributed by atoms with Gasteiger partial charge in [-0.2, -0.15) is 0 Å². The maximum Gasteiger partial charge on any atom is 0.319 e. The number of halogens is 5. The van der Waals surface area contributed by atoms with Crippen molar-refractivity contribution in [3.8, 4) is 0 Å². The van der Waals surface area contributed by atoms with Crippen LogP contribution >= 0.6 is 0 Å². The summed E-state index contributed by atoms with van der Waals surface area (Å²) in [7, 11) is 4.52. The highest BCUT2D eigenvalue weighted by Crippen LogP contribution is 2.33. The summed E-state index contributed by atoms with van der Waals surface area (Å²) in [5.41, 5.74) is -1.40. The Balaban J connectivity index is 2.57. The zero-order valence-electron chi connectivity index (χ0n) is 20.9. The van der Waals surface area contributed by atoms with Crippen molar-refractivity contribution < 1.29 is 41.0 Å². The first-order chi connectivity index (χ1) is 16.7. The van der Waals surface area contributed by atoms with Crippen molar-refractivity contribution in [1.29, 1.82) is 0 Å². The lowest BCUT2D eigenvalue weighted by molar-refractivity contribution is -0.380. The lowest BCUT2D eigenvalue weighted by Crippen LogP contribution is -2.44. The molecule has 35 heavy (non-hydrogen) atoms. The minimum absolute atomic E-state index is 0.0733. The molecule has 0 radical (unpaired) electrons. The molecule has 2 N–H and O–H groups in total. The highest BCUT2D eigenvalue weighted by molar-refractivity contribution is 5.89. The first-order valence-corrected chi connectivity index (χ1v) is 11.9. The SMILES string of the molecule is CCCCCCCCC(CCCCNC(=O)Nc1c(F)c(F)c(F)c(F)c1F)C(OC)(OC)OC. The van der Waals surface area contributed by atoms with Crippen LogP contribution in [0.1, 0.15) is 71.1 Å². The molecule has 202 valence electrons. The second-order valence-corrected chi connectivity index (χ2v) is 8.29.